The van der Waals surface area contributed by atoms with Gasteiger partial charge in [-0.15, -0.1) is 0 Å². The second-order valence-electron chi connectivity index (χ2n) is 7.39. The topological polar surface area (TPSA) is 53.6 Å². The fourth-order valence-corrected chi connectivity index (χ4v) is 3.79. The van der Waals surface area contributed by atoms with E-state index in [-0.39, 0.29) is 11.9 Å². The molecule has 3 rings (SSSR count). The first kappa shape index (κ1) is 18.2. The summed E-state index contributed by atoms with van der Waals surface area (Å²) in [5, 5.41) is 6.55. The Hall–Kier alpha value is -1.59. The maximum atomic E-state index is 12.5. The molecule has 25 heavy (non-hydrogen) atoms. The Balaban J connectivity index is 1.51. The SMILES string of the molecule is C[C@H](N[C@@H]1CCCC[C@H]1C)C(=O)Nc1ccc(N2CCOCC2)cc1. The van der Waals surface area contributed by atoms with E-state index < -0.39 is 0 Å². The summed E-state index contributed by atoms with van der Waals surface area (Å²) >= 11 is 0. The molecule has 2 aliphatic rings. The molecular formula is C20H31N3O2. The van der Waals surface area contributed by atoms with Crippen LogP contribution >= 0.6 is 0 Å². The van der Waals surface area contributed by atoms with Crippen LogP contribution in [0.2, 0.25) is 0 Å². The molecule has 1 saturated carbocycles. The van der Waals surface area contributed by atoms with Gasteiger partial charge in [0.1, 0.15) is 0 Å². The van der Waals surface area contributed by atoms with Gasteiger partial charge in [-0.2, -0.15) is 0 Å². The van der Waals surface area contributed by atoms with Gasteiger partial charge in [0.05, 0.1) is 19.3 Å². The summed E-state index contributed by atoms with van der Waals surface area (Å²) in [4.78, 5) is 14.8. The Morgan fingerprint density at radius 2 is 1.84 bits per heavy atom. The highest BCUT2D eigenvalue weighted by atomic mass is 16.5. The second kappa shape index (κ2) is 8.68. The number of carbonyl (C=O) groups is 1. The molecule has 0 unspecified atom stereocenters. The van der Waals surface area contributed by atoms with Crippen molar-refractivity contribution in [3.8, 4) is 0 Å². The van der Waals surface area contributed by atoms with Crippen molar-refractivity contribution in [1.29, 1.82) is 0 Å². The standard InChI is InChI=1S/C20H31N3O2/c1-15-5-3-4-6-19(15)21-16(2)20(24)22-17-7-9-18(10-8-17)23-11-13-25-14-12-23/h7-10,15-16,19,21H,3-6,11-14H2,1-2H3,(H,22,24)/t15-,16+,19-/m1/s1. The maximum Gasteiger partial charge on any atom is 0.241 e. The van der Waals surface area contributed by atoms with Crippen LogP contribution in [0.5, 0.6) is 0 Å². The highest BCUT2D eigenvalue weighted by Gasteiger charge is 2.24. The van der Waals surface area contributed by atoms with Crippen molar-refractivity contribution >= 4 is 17.3 Å². The van der Waals surface area contributed by atoms with Gasteiger partial charge in [0, 0.05) is 30.5 Å². The Kier molecular flexibility index (Phi) is 6.32. The Labute approximate surface area is 151 Å². The summed E-state index contributed by atoms with van der Waals surface area (Å²) in [6.45, 7) is 7.64. The first-order valence-corrected chi connectivity index (χ1v) is 9.63. The van der Waals surface area contributed by atoms with Gasteiger partial charge in [-0.05, 0) is 49.9 Å². The third-order valence-corrected chi connectivity index (χ3v) is 5.48. The fraction of sp³-hybridized carbons (Fsp3) is 0.650. The van der Waals surface area contributed by atoms with E-state index in [0.717, 1.165) is 32.0 Å². The van der Waals surface area contributed by atoms with E-state index in [4.69, 9.17) is 4.74 Å². The van der Waals surface area contributed by atoms with Crippen molar-refractivity contribution in [1.82, 2.24) is 5.32 Å². The number of nitrogens with one attached hydrogen (secondary N) is 2. The molecule has 1 aromatic carbocycles. The van der Waals surface area contributed by atoms with Crippen LogP contribution in [0.25, 0.3) is 0 Å². The minimum absolute atomic E-state index is 0.0388. The van der Waals surface area contributed by atoms with Crippen LogP contribution in [-0.4, -0.2) is 44.3 Å². The molecule has 0 spiro atoms. The molecule has 1 amide bonds. The lowest BCUT2D eigenvalue weighted by Crippen LogP contribution is -2.47. The van der Waals surface area contributed by atoms with Gasteiger partial charge >= 0.3 is 0 Å². The number of anilines is 2. The number of hydrogen-bond acceptors (Lipinski definition) is 4. The normalized spacial score (nSPS) is 25.4. The number of nitrogens with zero attached hydrogens (tertiary/aromatic N) is 1. The average Bonchev–Trinajstić information content (AvgIpc) is 2.65. The van der Waals surface area contributed by atoms with Crippen LogP contribution in [0.4, 0.5) is 11.4 Å². The fourth-order valence-electron chi connectivity index (χ4n) is 3.79. The molecule has 5 heteroatoms. The number of benzene rings is 1. The molecule has 2 N–H and O–H groups in total. The Morgan fingerprint density at radius 3 is 2.52 bits per heavy atom. The zero-order chi connectivity index (χ0) is 17.6. The van der Waals surface area contributed by atoms with Crippen molar-refractivity contribution in [3.05, 3.63) is 24.3 Å². The molecule has 0 bridgehead atoms. The molecule has 1 aliphatic heterocycles. The molecule has 1 aromatic rings. The van der Waals surface area contributed by atoms with Gasteiger partial charge in [0.25, 0.3) is 0 Å². The maximum absolute atomic E-state index is 12.5. The first-order chi connectivity index (χ1) is 12.1. The molecule has 2 fully saturated rings. The number of amides is 1. The van der Waals surface area contributed by atoms with E-state index in [0.29, 0.717) is 12.0 Å². The largest absolute Gasteiger partial charge is 0.378 e. The van der Waals surface area contributed by atoms with Gasteiger partial charge in [0.2, 0.25) is 5.91 Å². The summed E-state index contributed by atoms with van der Waals surface area (Å²) < 4.78 is 5.39. The first-order valence-electron chi connectivity index (χ1n) is 9.63. The van der Waals surface area contributed by atoms with Crippen molar-refractivity contribution < 1.29 is 9.53 Å². The monoisotopic (exact) mass is 345 g/mol. The van der Waals surface area contributed by atoms with Gasteiger partial charge in [-0.25, -0.2) is 0 Å². The molecular weight excluding hydrogens is 314 g/mol. The molecule has 1 heterocycles. The molecule has 138 valence electrons. The summed E-state index contributed by atoms with van der Waals surface area (Å²) in [6.07, 6.45) is 5.01. The second-order valence-corrected chi connectivity index (χ2v) is 7.39. The average molecular weight is 345 g/mol. The summed E-state index contributed by atoms with van der Waals surface area (Å²) in [5.41, 5.74) is 2.04. The third-order valence-electron chi connectivity index (χ3n) is 5.48. The lowest BCUT2D eigenvalue weighted by atomic mass is 9.85. The summed E-state index contributed by atoms with van der Waals surface area (Å²) in [7, 11) is 0. The number of rotatable bonds is 5. The number of ether oxygens (including phenoxy) is 1. The Bertz CT molecular complexity index is 555. The van der Waals surface area contributed by atoms with Gasteiger partial charge in [-0.1, -0.05) is 19.8 Å². The quantitative estimate of drug-likeness (QED) is 0.861. The van der Waals surface area contributed by atoms with Crippen molar-refractivity contribution in [2.24, 2.45) is 5.92 Å². The minimum Gasteiger partial charge on any atom is -0.378 e. The lowest BCUT2D eigenvalue weighted by Gasteiger charge is -2.31. The van der Waals surface area contributed by atoms with E-state index in [1.165, 1.54) is 31.4 Å². The van der Waals surface area contributed by atoms with Crippen LogP contribution in [-0.2, 0) is 9.53 Å². The summed E-state index contributed by atoms with van der Waals surface area (Å²) in [5.74, 6) is 0.689. The molecule has 0 radical (unpaired) electrons. The van der Waals surface area contributed by atoms with E-state index in [1.54, 1.807) is 0 Å². The summed E-state index contributed by atoms with van der Waals surface area (Å²) in [6, 6.07) is 8.39. The highest BCUT2D eigenvalue weighted by Crippen LogP contribution is 2.24. The predicted octanol–water partition coefficient (Wildman–Crippen LogP) is 3.02. The third kappa shape index (κ3) is 4.95. The van der Waals surface area contributed by atoms with Gasteiger partial charge in [-0.3, -0.25) is 4.79 Å². The molecule has 1 aliphatic carbocycles. The van der Waals surface area contributed by atoms with Crippen molar-refractivity contribution in [2.45, 2.75) is 51.6 Å². The van der Waals surface area contributed by atoms with E-state index in [1.807, 2.05) is 19.1 Å². The molecule has 1 saturated heterocycles. The Morgan fingerprint density at radius 1 is 1.16 bits per heavy atom. The van der Waals surface area contributed by atoms with Crippen LogP contribution in [0, 0.1) is 5.92 Å². The number of morpholine rings is 1. The van der Waals surface area contributed by atoms with Crippen molar-refractivity contribution in [3.63, 3.8) is 0 Å². The van der Waals surface area contributed by atoms with Crippen LogP contribution in [0.15, 0.2) is 24.3 Å². The van der Waals surface area contributed by atoms with Gasteiger partial charge in [0.15, 0.2) is 0 Å². The molecule has 0 aromatic heterocycles. The minimum atomic E-state index is -0.176. The van der Waals surface area contributed by atoms with E-state index in [2.05, 4.69) is 34.6 Å². The van der Waals surface area contributed by atoms with Gasteiger partial charge < -0.3 is 20.3 Å². The predicted molar refractivity (Wildman–Crippen MR) is 102 cm³/mol. The molecule has 5 nitrogen and oxygen atoms in total. The van der Waals surface area contributed by atoms with Crippen LogP contribution in [0.1, 0.15) is 39.5 Å². The van der Waals surface area contributed by atoms with Crippen LogP contribution in [0.3, 0.4) is 0 Å². The van der Waals surface area contributed by atoms with E-state index >= 15 is 0 Å². The molecule has 3 atom stereocenters. The zero-order valence-corrected chi connectivity index (χ0v) is 15.5. The zero-order valence-electron chi connectivity index (χ0n) is 15.5. The van der Waals surface area contributed by atoms with Crippen LogP contribution < -0.4 is 15.5 Å². The highest BCUT2D eigenvalue weighted by molar-refractivity contribution is 5.94. The lowest BCUT2D eigenvalue weighted by molar-refractivity contribution is -0.118. The number of carbonyl (C=O) groups excluding carboxylic acids is 1. The smallest absolute Gasteiger partial charge is 0.241 e. The number of hydrogen-bond donors (Lipinski definition) is 2. The van der Waals surface area contributed by atoms with Crippen molar-refractivity contribution in [2.75, 3.05) is 36.5 Å². The van der Waals surface area contributed by atoms with E-state index in [9.17, 15) is 4.79 Å².